The average molecular weight is 243 g/mol. The number of rotatable bonds is 5. The summed E-state index contributed by atoms with van der Waals surface area (Å²) in [6.07, 6.45) is 0. The summed E-state index contributed by atoms with van der Waals surface area (Å²) < 4.78 is 15.7. The van der Waals surface area contributed by atoms with E-state index in [1.165, 1.54) is 0 Å². The molecule has 0 bridgehead atoms. The zero-order valence-corrected chi connectivity index (χ0v) is 9.81. The van der Waals surface area contributed by atoms with E-state index >= 15 is 0 Å². The quantitative estimate of drug-likeness (QED) is 0.776. The molecule has 6 heteroatoms. The summed E-state index contributed by atoms with van der Waals surface area (Å²) in [6.45, 7) is 1.77. The van der Waals surface area contributed by atoms with Crippen LogP contribution in [0.5, 0.6) is 0 Å². The maximum absolute atomic E-state index is 11.3. The second-order valence-electron chi connectivity index (χ2n) is 3.08. The first-order valence-corrected chi connectivity index (χ1v) is 6.43. The maximum atomic E-state index is 11.3. The van der Waals surface area contributed by atoms with Gasteiger partial charge in [-0.15, -0.1) is 0 Å². The van der Waals surface area contributed by atoms with Crippen LogP contribution in [-0.4, -0.2) is 17.1 Å². The molecule has 1 aromatic rings. The van der Waals surface area contributed by atoms with Gasteiger partial charge in [0.2, 0.25) is 0 Å². The summed E-state index contributed by atoms with van der Waals surface area (Å²) in [5.74, 6) is 0. The first-order valence-electron chi connectivity index (χ1n) is 4.86. The van der Waals surface area contributed by atoms with Crippen molar-refractivity contribution < 1.29 is 18.8 Å². The van der Waals surface area contributed by atoms with E-state index in [1.54, 1.807) is 6.92 Å². The summed E-state index contributed by atoms with van der Waals surface area (Å²) in [5.41, 5.74) is -0.120. The number of benzene rings is 1. The van der Waals surface area contributed by atoms with Crippen molar-refractivity contribution in [3.8, 4) is 0 Å². The van der Waals surface area contributed by atoms with E-state index in [0.717, 1.165) is 5.56 Å². The first kappa shape index (κ1) is 12.9. The molecule has 1 amide bonds. The van der Waals surface area contributed by atoms with Gasteiger partial charge in [-0.3, -0.25) is 4.79 Å². The van der Waals surface area contributed by atoms with Crippen LogP contribution in [0.1, 0.15) is 12.5 Å². The number of amides is 1. The van der Waals surface area contributed by atoms with Crippen LogP contribution in [0.25, 0.3) is 0 Å². The Morgan fingerprint density at radius 1 is 1.44 bits per heavy atom. The van der Waals surface area contributed by atoms with Crippen LogP contribution in [0.3, 0.4) is 0 Å². The molecule has 0 saturated carbocycles. The lowest BCUT2D eigenvalue weighted by Gasteiger charge is -2.10. The molecular formula is C10H14NO4P. The van der Waals surface area contributed by atoms with Gasteiger partial charge in [0.1, 0.15) is 0 Å². The standard InChI is InChI=1S/C10H14NO4P/c1-2-15-16(13,14)10(12)11-8-9-6-4-3-5-7-9/h3-7H,2,8H2,1H3,(H,11,12)(H,13,14). The molecule has 88 valence electrons. The predicted molar refractivity (Wildman–Crippen MR) is 60.1 cm³/mol. The highest BCUT2D eigenvalue weighted by Gasteiger charge is 2.29. The van der Waals surface area contributed by atoms with E-state index in [1.807, 2.05) is 30.3 Å². The fourth-order valence-electron chi connectivity index (χ4n) is 1.11. The van der Waals surface area contributed by atoms with Crippen molar-refractivity contribution in [1.82, 2.24) is 5.32 Å². The Morgan fingerprint density at radius 3 is 2.62 bits per heavy atom. The molecule has 1 aromatic carbocycles. The Labute approximate surface area is 94.0 Å². The van der Waals surface area contributed by atoms with E-state index in [-0.39, 0.29) is 13.2 Å². The lowest BCUT2D eigenvalue weighted by Crippen LogP contribution is -2.21. The maximum Gasteiger partial charge on any atom is 0.415 e. The molecule has 0 aliphatic carbocycles. The Hall–Kier alpha value is -1.16. The highest BCUT2D eigenvalue weighted by atomic mass is 31.2. The molecule has 2 N–H and O–H groups in total. The van der Waals surface area contributed by atoms with Crippen molar-refractivity contribution >= 4 is 13.2 Å². The van der Waals surface area contributed by atoms with Gasteiger partial charge < -0.3 is 14.7 Å². The lowest BCUT2D eigenvalue weighted by molar-refractivity contribution is 0.234. The van der Waals surface area contributed by atoms with Gasteiger partial charge in [0.05, 0.1) is 6.61 Å². The van der Waals surface area contributed by atoms with Gasteiger partial charge in [-0.1, -0.05) is 30.3 Å². The number of carbonyl (C=O) groups is 1. The normalized spacial score (nSPS) is 14.1. The Kier molecular flexibility index (Phi) is 4.68. The Morgan fingerprint density at radius 2 is 2.06 bits per heavy atom. The van der Waals surface area contributed by atoms with Crippen LogP contribution in [-0.2, 0) is 15.6 Å². The zero-order chi connectivity index (χ0) is 12.0. The third-order valence-electron chi connectivity index (χ3n) is 1.85. The monoisotopic (exact) mass is 243 g/mol. The third-order valence-corrected chi connectivity index (χ3v) is 3.13. The van der Waals surface area contributed by atoms with Crippen molar-refractivity contribution in [2.24, 2.45) is 0 Å². The summed E-state index contributed by atoms with van der Waals surface area (Å²) in [4.78, 5) is 20.5. The summed E-state index contributed by atoms with van der Waals surface area (Å²) in [7, 11) is -4.17. The van der Waals surface area contributed by atoms with Crippen LogP contribution in [0.2, 0.25) is 0 Å². The summed E-state index contributed by atoms with van der Waals surface area (Å²) >= 11 is 0. The molecule has 0 saturated heterocycles. The van der Waals surface area contributed by atoms with Gasteiger partial charge in [-0.25, -0.2) is 4.57 Å². The lowest BCUT2D eigenvalue weighted by atomic mass is 10.2. The Bertz CT molecular complexity index is 393. The first-order chi connectivity index (χ1) is 7.56. The van der Waals surface area contributed by atoms with E-state index < -0.39 is 13.2 Å². The number of hydrogen-bond donors (Lipinski definition) is 2. The molecule has 0 aromatic heterocycles. The molecular weight excluding hydrogens is 229 g/mol. The number of carbonyl (C=O) groups excluding carboxylic acids is 1. The summed E-state index contributed by atoms with van der Waals surface area (Å²) in [5, 5.41) is 2.35. The van der Waals surface area contributed by atoms with E-state index in [9.17, 15) is 14.3 Å². The smallest absolute Gasteiger partial charge is 0.342 e. The Balaban J connectivity index is 2.50. The van der Waals surface area contributed by atoms with Crippen LogP contribution in [0.4, 0.5) is 4.79 Å². The largest absolute Gasteiger partial charge is 0.415 e. The molecule has 16 heavy (non-hydrogen) atoms. The fourth-order valence-corrected chi connectivity index (χ4v) is 1.85. The summed E-state index contributed by atoms with van der Waals surface area (Å²) in [6, 6.07) is 9.11. The SMILES string of the molecule is CCOP(=O)(O)C(=O)NCc1ccccc1. The molecule has 0 heterocycles. The number of nitrogens with one attached hydrogen (secondary N) is 1. The second kappa shape index (κ2) is 5.80. The van der Waals surface area contributed by atoms with Gasteiger partial charge in [-0.2, -0.15) is 0 Å². The van der Waals surface area contributed by atoms with Crippen LogP contribution >= 0.6 is 7.60 Å². The molecule has 0 spiro atoms. The van der Waals surface area contributed by atoms with Gasteiger partial charge in [0, 0.05) is 6.54 Å². The van der Waals surface area contributed by atoms with Crippen molar-refractivity contribution in [2.45, 2.75) is 13.5 Å². The van der Waals surface area contributed by atoms with Crippen LogP contribution in [0, 0.1) is 0 Å². The minimum atomic E-state index is -4.17. The molecule has 0 fully saturated rings. The molecule has 1 rings (SSSR count). The predicted octanol–water partition coefficient (Wildman–Crippen LogP) is 2.12. The van der Waals surface area contributed by atoms with Gasteiger partial charge in [-0.05, 0) is 12.5 Å². The highest BCUT2D eigenvalue weighted by molar-refractivity contribution is 7.70. The minimum absolute atomic E-state index is 0.0204. The van der Waals surface area contributed by atoms with E-state index in [2.05, 4.69) is 9.84 Å². The molecule has 1 atom stereocenters. The van der Waals surface area contributed by atoms with Gasteiger partial charge >= 0.3 is 13.2 Å². The second-order valence-corrected chi connectivity index (χ2v) is 4.79. The number of hydrogen-bond acceptors (Lipinski definition) is 3. The van der Waals surface area contributed by atoms with E-state index in [4.69, 9.17) is 0 Å². The average Bonchev–Trinajstić information content (AvgIpc) is 2.27. The molecule has 0 aliphatic heterocycles. The molecule has 5 nitrogen and oxygen atoms in total. The zero-order valence-electron chi connectivity index (χ0n) is 8.92. The molecule has 0 aliphatic rings. The van der Waals surface area contributed by atoms with Gasteiger partial charge in [0.25, 0.3) is 0 Å². The highest BCUT2D eigenvalue weighted by Crippen LogP contribution is 2.42. The van der Waals surface area contributed by atoms with Gasteiger partial charge in [0.15, 0.2) is 0 Å². The van der Waals surface area contributed by atoms with Crippen molar-refractivity contribution in [2.75, 3.05) is 6.61 Å². The van der Waals surface area contributed by atoms with Crippen LogP contribution in [0.15, 0.2) is 30.3 Å². The fraction of sp³-hybridized carbons (Fsp3) is 0.300. The van der Waals surface area contributed by atoms with E-state index in [0.29, 0.717) is 0 Å². The molecule has 1 unspecified atom stereocenters. The van der Waals surface area contributed by atoms with Crippen molar-refractivity contribution in [3.05, 3.63) is 35.9 Å². The van der Waals surface area contributed by atoms with Crippen molar-refractivity contribution in [3.63, 3.8) is 0 Å². The topological polar surface area (TPSA) is 75.6 Å². The van der Waals surface area contributed by atoms with Crippen molar-refractivity contribution in [1.29, 1.82) is 0 Å². The molecule has 0 radical (unpaired) electrons. The third kappa shape index (κ3) is 3.77. The van der Waals surface area contributed by atoms with Crippen LogP contribution < -0.4 is 5.32 Å². The minimum Gasteiger partial charge on any atom is -0.342 e.